The van der Waals surface area contributed by atoms with Crippen LogP contribution in [0.25, 0.3) is 0 Å². The zero-order valence-corrected chi connectivity index (χ0v) is 23.1. The number of rotatable bonds is 12. The number of hydrogen-bond donors (Lipinski definition) is 1. The molecule has 210 valence electrons. The molecule has 1 saturated heterocycles. The van der Waals surface area contributed by atoms with Gasteiger partial charge in [0.05, 0.1) is 26.4 Å². The van der Waals surface area contributed by atoms with Gasteiger partial charge in [-0.05, 0) is 28.8 Å². The van der Waals surface area contributed by atoms with Gasteiger partial charge in [0.15, 0.2) is 0 Å². The van der Waals surface area contributed by atoms with Gasteiger partial charge in [0, 0.05) is 4.90 Å². The predicted molar refractivity (Wildman–Crippen MR) is 157 cm³/mol. The Morgan fingerprint density at radius 2 is 0.950 bits per heavy atom. The van der Waals surface area contributed by atoms with E-state index in [0.29, 0.717) is 19.8 Å². The summed E-state index contributed by atoms with van der Waals surface area (Å²) in [5, 5.41) is 10.4. The highest BCUT2D eigenvalue weighted by molar-refractivity contribution is 7.99. The van der Waals surface area contributed by atoms with E-state index in [1.54, 1.807) is 11.8 Å². The Morgan fingerprint density at radius 1 is 0.550 bits per heavy atom. The van der Waals surface area contributed by atoms with Crippen LogP contribution in [0.4, 0.5) is 0 Å². The lowest BCUT2D eigenvalue weighted by molar-refractivity contribution is -0.251. The molecular weight excluding hydrogens is 524 g/mol. The van der Waals surface area contributed by atoms with Crippen molar-refractivity contribution in [2.45, 2.75) is 54.6 Å². The lowest BCUT2D eigenvalue weighted by Gasteiger charge is -2.45. The fraction of sp³-hybridized carbons (Fsp3) is 0.273. The lowest BCUT2D eigenvalue weighted by Crippen LogP contribution is -2.60. The van der Waals surface area contributed by atoms with E-state index in [4.69, 9.17) is 18.9 Å². The summed E-state index contributed by atoms with van der Waals surface area (Å²) in [5.41, 5.74) is 2.75. The van der Waals surface area contributed by atoms with Gasteiger partial charge in [-0.25, -0.2) is 0 Å². The van der Waals surface area contributed by atoms with Gasteiger partial charge < -0.3 is 29.5 Å². The normalized spacial score (nSPS) is 22.4. The molecule has 7 heteroatoms. The van der Waals surface area contributed by atoms with Crippen LogP contribution >= 0.6 is 11.8 Å². The van der Waals surface area contributed by atoms with Crippen LogP contribution in [0.5, 0.6) is 0 Å². The van der Waals surface area contributed by atoms with Crippen LogP contribution in [0.2, 0.25) is 0 Å². The molecule has 0 radical (unpaired) electrons. The fourth-order valence-corrected chi connectivity index (χ4v) is 5.77. The number of aliphatic hydroxyl groups excluding tert-OH is 1. The smallest absolute Gasteiger partial charge is 0.137 e. The molecule has 4 aromatic rings. The molecule has 1 fully saturated rings. The van der Waals surface area contributed by atoms with Crippen molar-refractivity contribution in [3.63, 3.8) is 0 Å². The topological polar surface area (TPSA) is 88.7 Å². The first-order valence-electron chi connectivity index (χ1n) is 13.2. The minimum atomic E-state index is -0.577. The molecule has 0 spiro atoms. The zero-order valence-electron chi connectivity index (χ0n) is 22.3. The molecule has 4 aromatic carbocycles. The molecule has 3 N–H and O–H groups in total. The highest BCUT2D eigenvalue weighted by Gasteiger charge is 2.48. The van der Waals surface area contributed by atoms with Gasteiger partial charge in [0.25, 0.3) is 0 Å². The second kappa shape index (κ2) is 15.7. The summed E-state index contributed by atoms with van der Waals surface area (Å²) in [7, 11) is 0. The van der Waals surface area contributed by atoms with Crippen LogP contribution in [0.1, 0.15) is 16.7 Å². The lowest BCUT2D eigenvalue weighted by atomic mass is 9.99. The predicted octanol–water partition coefficient (Wildman–Crippen LogP) is 5.43. The van der Waals surface area contributed by atoms with Crippen molar-refractivity contribution in [2.24, 2.45) is 0 Å². The standard InChI is InChI=1S/C33H34O5S.H2O/c34-21-29-30(35-22-25-13-5-1-6-14-25)31(36-23-26-15-7-2-8-16-26)32(37-24-27-17-9-3-10-18-27)33(38-29)39-28-19-11-4-12-20-28;/h1-20,29-34H,21-24H2;1H2/t29-,30-,31+,32+,33-;/m1./s1. The van der Waals surface area contributed by atoms with E-state index in [2.05, 4.69) is 0 Å². The van der Waals surface area contributed by atoms with Crippen LogP contribution in [0.15, 0.2) is 126 Å². The molecular formula is C33H36O6S. The number of ether oxygens (including phenoxy) is 4. The number of thioether (sulfide) groups is 1. The number of aliphatic hydroxyl groups is 1. The first-order chi connectivity index (χ1) is 19.3. The van der Waals surface area contributed by atoms with Crippen molar-refractivity contribution in [1.82, 2.24) is 0 Å². The molecule has 1 heterocycles. The Balaban J connectivity index is 0.00000370. The van der Waals surface area contributed by atoms with Crippen molar-refractivity contribution < 1.29 is 29.5 Å². The highest BCUT2D eigenvalue weighted by Crippen LogP contribution is 2.38. The Labute approximate surface area is 240 Å². The maximum Gasteiger partial charge on any atom is 0.137 e. The molecule has 0 aliphatic carbocycles. The van der Waals surface area contributed by atoms with Gasteiger partial charge in [0.1, 0.15) is 29.9 Å². The highest BCUT2D eigenvalue weighted by atomic mass is 32.2. The van der Waals surface area contributed by atoms with Gasteiger partial charge in [-0.2, -0.15) is 0 Å². The van der Waals surface area contributed by atoms with Crippen molar-refractivity contribution in [3.05, 3.63) is 138 Å². The van der Waals surface area contributed by atoms with E-state index in [1.807, 2.05) is 121 Å². The maximum atomic E-state index is 10.4. The van der Waals surface area contributed by atoms with Gasteiger partial charge in [-0.1, -0.05) is 121 Å². The summed E-state index contributed by atoms with van der Waals surface area (Å²) >= 11 is 1.57. The maximum absolute atomic E-state index is 10.4. The number of hydrogen-bond acceptors (Lipinski definition) is 6. The molecule has 40 heavy (non-hydrogen) atoms. The first kappa shape index (κ1) is 30.0. The molecule has 1 aliphatic heterocycles. The summed E-state index contributed by atoms with van der Waals surface area (Å²) in [5.74, 6) is 0. The second-order valence-electron chi connectivity index (χ2n) is 9.44. The van der Waals surface area contributed by atoms with Crippen molar-refractivity contribution >= 4 is 11.8 Å². The number of benzene rings is 4. The van der Waals surface area contributed by atoms with E-state index in [1.165, 1.54) is 0 Å². The molecule has 0 amide bonds. The molecule has 5 atom stereocenters. The third kappa shape index (κ3) is 8.25. The molecule has 5 rings (SSSR count). The Bertz CT molecular complexity index is 1230. The monoisotopic (exact) mass is 560 g/mol. The van der Waals surface area contributed by atoms with Crippen LogP contribution in [0, 0.1) is 0 Å². The van der Waals surface area contributed by atoms with Gasteiger partial charge in [-0.15, -0.1) is 0 Å². The molecule has 1 aliphatic rings. The van der Waals surface area contributed by atoms with Crippen LogP contribution in [-0.4, -0.2) is 47.0 Å². The molecule has 0 aromatic heterocycles. The average molecular weight is 561 g/mol. The van der Waals surface area contributed by atoms with E-state index in [9.17, 15) is 5.11 Å². The van der Waals surface area contributed by atoms with Gasteiger partial charge in [0.2, 0.25) is 0 Å². The largest absolute Gasteiger partial charge is 0.412 e. The van der Waals surface area contributed by atoms with Crippen molar-refractivity contribution in [3.8, 4) is 0 Å². The van der Waals surface area contributed by atoms with Crippen molar-refractivity contribution in [1.29, 1.82) is 0 Å². The zero-order chi connectivity index (χ0) is 26.7. The fourth-order valence-electron chi connectivity index (χ4n) is 4.62. The summed E-state index contributed by atoms with van der Waals surface area (Å²) in [4.78, 5) is 1.05. The quantitative estimate of drug-likeness (QED) is 0.249. The van der Waals surface area contributed by atoms with Gasteiger partial charge >= 0.3 is 0 Å². The SMILES string of the molecule is O.OC[C@H]1O[C@H](Sc2ccccc2)[C@@H](OCc2ccccc2)[C@@H](OCc2ccccc2)[C@@H]1OCc1ccccc1. The summed E-state index contributed by atoms with van der Waals surface area (Å²) in [6.07, 6.45) is -2.05. The Hall–Kier alpha value is -3.01. The van der Waals surface area contributed by atoms with Crippen LogP contribution < -0.4 is 0 Å². The van der Waals surface area contributed by atoms with Crippen molar-refractivity contribution in [2.75, 3.05) is 6.61 Å². The van der Waals surface area contributed by atoms with E-state index in [-0.39, 0.29) is 12.1 Å². The van der Waals surface area contributed by atoms with Gasteiger partial charge in [-0.3, -0.25) is 0 Å². The first-order valence-corrected chi connectivity index (χ1v) is 14.1. The third-order valence-corrected chi connectivity index (χ3v) is 7.78. The third-order valence-electron chi connectivity index (χ3n) is 6.62. The van der Waals surface area contributed by atoms with E-state index in [0.717, 1.165) is 21.6 Å². The molecule has 0 unspecified atom stereocenters. The average Bonchev–Trinajstić information content (AvgIpc) is 3.00. The Kier molecular flexibility index (Phi) is 11.8. The van der Waals surface area contributed by atoms with E-state index >= 15 is 0 Å². The minimum Gasteiger partial charge on any atom is -0.412 e. The summed E-state index contributed by atoms with van der Waals surface area (Å²) in [6, 6.07) is 40.3. The Morgan fingerprint density at radius 3 is 1.40 bits per heavy atom. The van der Waals surface area contributed by atoms with Crippen LogP contribution in [-0.2, 0) is 38.8 Å². The second-order valence-corrected chi connectivity index (χ2v) is 10.6. The molecule has 0 saturated carbocycles. The summed E-state index contributed by atoms with van der Waals surface area (Å²) in [6.45, 7) is 0.976. The van der Waals surface area contributed by atoms with E-state index < -0.39 is 29.9 Å². The minimum absolute atomic E-state index is 0. The molecule has 6 nitrogen and oxygen atoms in total. The van der Waals surface area contributed by atoms with Crippen LogP contribution in [0.3, 0.4) is 0 Å². The summed E-state index contributed by atoms with van der Waals surface area (Å²) < 4.78 is 26.2. The molecule has 0 bridgehead atoms.